The quantitative estimate of drug-likeness (QED) is 0.520. The second-order valence-corrected chi connectivity index (χ2v) is 7.02. The maximum absolute atomic E-state index is 11.7. The number of nitrogens with zero attached hydrogens (tertiary/aromatic N) is 1. The average molecular weight is 374 g/mol. The van der Waals surface area contributed by atoms with Gasteiger partial charge in [-0.15, -0.1) is 0 Å². The van der Waals surface area contributed by atoms with Gasteiger partial charge in [0.25, 0.3) is 0 Å². The van der Waals surface area contributed by atoms with E-state index in [0.717, 1.165) is 12.1 Å². The van der Waals surface area contributed by atoms with E-state index in [1.807, 2.05) is 19.0 Å². The molecule has 0 spiro atoms. The van der Waals surface area contributed by atoms with Crippen LogP contribution in [0.4, 0.5) is 4.79 Å². The number of ether oxygens (including phenoxy) is 2. The predicted molar refractivity (Wildman–Crippen MR) is 92.4 cm³/mol. The summed E-state index contributed by atoms with van der Waals surface area (Å²) >= 11 is 0. The van der Waals surface area contributed by atoms with Crippen molar-refractivity contribution in [2.75, 3.05) is 27.2 Å². The molecule has 0 saturated heterocycles. The monoisotopic (exact) mass is 374 g/mol. The minimum atomic E-state index is -1.36. The SMILES string of the molecule is CN(C)CCOc1ccc(C[C@H](NC(=O)OC(C)(C)C)C(=O)[O-])cc1.[Na+]. The molecule has 0 unspecified atom stereocenters. The number of carbonyl (C=O) groups excluding carboxylic acids is 2. The number of nitrogens with one attached hydrogen (secondary N) is 1. The Balaban J connectivity index is 0.00000625. The Morgan fingerprint density at radius 3 is 2.23 bits per heavy atom. The zero-order chi connectivity index (χ0) is 19.0. The number of hydrogen-bond donors (Lipinski definition) is 1. The van der Waals surface area contributed by atoms with Gasteiger partial charge in [-0.25, -0.2) is 4.79 Å². The summed E-state index contributed by atoms with van der Waals surface area (Å²) in [6, 6.07) is 5.89. The van der Waals surface area contributed by atoms with Gasteiger partial charge < -0.3 is 29.6 Å². The molecule has 0 saturated carbocycles. The molecule has 26 heavy (non-hydrogen) atoms. The molecular weight excluding hydrogens is 347 g/mol. The van der Waals surface area contributed by atoms with Crippen molar-refractivity contribution in [2.45, 2.75) is 38.8 Å². The molecule has 1 atom stereocenters. The summed E-state index contributed by atoms with van der Waals surface area (Å²) in [5, 5.41) is 13.6. The Hall–Kier alpha value is -1.28. The molecule has 0 aromatic heterocycles. The van der Waals surface area contributed by atoms with Gasteiger partial charge in [0.2, 0.25) is 0 Å². The number of hydrogen-bond acceptors (Lipinski definition) is 6. The van der Waals surface area contributed by atoms with E-state index in [0.29, 0.717) is 12.4 Å². The van der Waals surface area contributed by atoms with E-state index in [-0.39, 0.29) is 36.0 Å². The van der Waals surface area contributed by atoms with Crippen LogP contribution in [0.1, 0.15) is 26.3 Å². The van der Waals surface area contributed by atoms with E-state index in [9.17, 15) is 14.7 Å². The number of benzene rings is 1. The number of alkyl carbamates (subject to hydrolysis) is 1. The van der Waals surface area contributed by atoms with Crippen molar-refractivity contribution in [2.24, 2.45) is 0 Å². The first kappa shape index (κ1) is 24.7. The summed E-state index contributed by atoms with van der Waals surface area (Å²) in [7, 11) is 3.93. The predicted octanol–water partition coefficient (Wildman–Crippen LogP) is -2.18. The molecule has 0 fully saturated rings. The molecule has 0 radical (unpaired) electrons. The Labute approximate surface area is 177 Å². The number of amides is 1. The second kappa shape index (κ2) is 11.4. The van der Waals surface area contributed by atoms with Crippen molar-refractivity contribution >= 4 is 12.1 Å². The van der Waals surface area contributed by atoms with Crippen LogP contribution < -0.4 is 44.7 Å². The fourth-order valence-corrected chi connectivity index (χ4v) is 1.95. The first-order valence-corrected chi connectivity index (χ1v) is 8.13. The number of likely N-dealkylation sites (N-methyl/N-ethyl adjacent to an activating group) is 1. The van der Waals surface area contributed by atoms with Crippen LogP contribution in [0.3, 0.4) is 0 Å². The van der Waals surface area contributed by atoms with Gasteiger partial charge in [0, 0.05) is 6.54 Å². The molecule has 0 heterocycles. The van der Waals surface area contributed by atoms with Gasteiger partial charge in [-0.3, -0.25) is 0 Å². The van der Waals surface area contributed by atoms with E-state index in [1.54, 1.807) is 45.0 Å². The van der Waals surface area contributed by atoms with Crippen molar-refractivity contribution < 1.29 is 53.7 Å². The Bertz CT molecular complexity index is 570. The molecule has 1 N–H and O–H groups in total. The summed E-state index contributed by atoms with van der Waals surface area (Å²) < 4.78 is 10.7. The Morgan fingerprint density at radius 1 is 1.19 bits per heavy atom. The van der Waals surface area contributed by atoms with Gasteiger partial charge in [0.05, 0.1) is 12.0 Å². The summed E-state index contributed by atoms with van der Waals surface area (Å²) in [6.45, 7) is 6.48. The van der Waals surface area contributed by atoms with Crippen LogP contribution in [0.25, 0.3) is 0 Å². The normalized spacial score (nSPS) is 12.1. The molecular formula is C18H27N2NaO5. The van der Waals surface area contributed by atoms with Gasteiger partial charge in [-0.2, -0.15) is 0 Å². The molecule has 7 nitrogen and oxygen atoms in total. The molecule has 1 amide bonds. The maximum Gasteiger partial charge on any atom is 1.00 e. The van der Waals surface area contributed by atoms with E-state index in [4.69, 9.17) is 9.47 Å². The van der Waals surface area contributed by atoms with Crippen LogP contribution in [0.2, 0.25) is 0 Å². The number of rotatable bonds is 8. The third kappa shape index (κ3) is 10.7. The van der Waals surface area contributed by atoms with Crippen LogP contribution in [0, 0.1) is 0 Å². The molecule has 1 rings (SSSR count). The smallest absolute Gasteiger partial charge is 0.548 e. The summed E-state index contributed by atoms with van der Waals surface area (Å²) in [4.78, 5) is 25.0. The van der Waals surface area contributed by atoms with Crippen LogP contribution in [0.5, 0.6) is 5.75 Å². The molecule has 1 aromatic carbocycles. The summed E-state index contributed by atoms with van der Waals surface area (Å²) in [5.74, 6) is -0.659. The first-order valence-electron chi connectivity index (χ1n) is 8.13. The molecule has 0 aliphatic rings. The number of carboxylic acid groups (broad SMARTS) is 1. The van der Waals surface area contributed by atoms with Gasteiger partial charge in [-0.1, -0.05) is 12.1 Å². The Kier molecular flexibility index (Phi) is 10.9. The molecule has 0 bridgehead atoms. The van der Waals surface area contributed by atoms with Gasteiger partial charge in [0.15, 0.2) is 0 Å². The molecule has 0 aliphatic carbocycles. The molecule has 140 valence electrons. The zero-order valence-electron chi connectivity index (χ0n) is 16.5. The van der Waals surface area contributed by atoms with Crippen molar-refractivity contribution in [3.63, 3.8) is 0 Å². The largest absolute Gasteiger partial charge is 1.00 e. The summed E-state index contributed by atoms with van der Waals surface area (Å²) in [5.41, 5.74) is 0.0387. The minimum Gasteiger partial charge on any atom is -0.548 e. The van der Waals surface area contributed by atoms with E-state index in [2.05, 4.69) is 5.32 Å². The van der Waals surface area contributed by atoms with Crippen molar-refractivity contribution in [1.29, 1.82) is 0 Å². The third-order valence-corrected chi connectivity index (χ3v) is 3.15. The molecule has 0 aliphatic heterocycles. The number of carbonyl (C=O) groups is 2. The topological polar surface area (TPSA) is 90.9 Å². The first-order chi connectivity index (χ1) is 11.6. The molecule has 1 aromatic rings. The fourth-order valence-electron chi connectivity index (χ4n) is 1.95. The van der Waals surface area contributed by atoms with E-state index >= 15 is 0 Å². The zero-order valence-corrected chi connectivity index (χ0v) is 18.5. The van der Waals surface area contributed by atoms with Gasteiger partial charge in [-0.05, 0) is 59.0 Å². The molecule has 8 heteroatoms. The van der Waals surface area contributed by atoms with Crippen molar-refractivity contribution in [3.05, 3.63) is 29.8 Å². The average Bonchev–Trinajstić information content (AvgIpc) is 2.46. The van der Waals surface area contributed by atoms with E-state index in [1.165, 1.54) is 0 Å². The maximum atomic E-state index is 11.7. The van der Waals surface area contributed by atoms with Gasteiger partial charge >= 0.3 is 35.7 Å². The summed E-state index contributed by atoms with van der Waals surface area (Å²) in [6.07, 6.45) is -0.690. The minimum absolute atomic E-state index is 0. The van der Waals surface area contributed by atoms with E-state index < -0.39 is 23.7 Å². The number of carboxylic acids is 1. The van der Waals surface area contributed by atoms with Crippen molar-refractivity contribution in [1.82, 2.24) is 10.2 Å². The standard InChI is InChI=1S/C18H28N2O5.Na/c1-18(2,3)25-17(23)19-15(16(21)22)12-13-6-8-14(9-7-13)24-11-10-20(4)5;/h6-9,15H,10-12H2,1-5H3,(H,19,23)(H,21,22);/q;+1/p-1/t15-;/m0./s1. The fraction of sp³-hybridized carbons (Fsp3) is 0.556. The third-order valence-electron chi connectivity index (χ3n) is 3.15. The van der Waals surface area contributed by atoms with Crippen LogP contribution in [0.15, 0.2) is 24.3 Å². The van der Waals surface area contributed by atoms with Crippen LogP contribution >= 0.6 is 0 Å². The second-order valence-electron chi connectivity index (χ2n) is 7.02. The van der Waals surface area contributed by atoms with Crippen molar-refractivity contribution in [3.8, 4) is 5.75 Å². The van der Waals surface area contributed by atoms with Gasteiger partial charge in [0.1, 0.15) is 18.0 Å². The Morgan fingerprint density at radius 2 is 1.77 bits per heavy atom. The van der Waals surface area contributed by atoms with Crippen LogP contribution in [-0.2, 0) is 16.0 Å². The van der Waals surface area contributed by atoms with Crippen LogP contribution in [-0.4, -0.2) is 55.9 Å². The number of aliphatic carboxylic acids is 1.